The van der Waals surface area contributed by atoms with Crippen molar-refractivity contribution in [2.24, 2.45) is 0 Å². The van der Waals surface area contributed by atoms with Crippen LogP contribution in [-0.4, -0.2) is 30.9 Å². The second kappa shape index (κ2) is 5.30. The molecule has 116 valence electrons. The first kappa shape index (κ1) is 15.8. The maximum atomic E-state index is 11.3. The van der Waals surface area contributed by atoms with Crippen molar-refractivity contribution in [3.8, 4) is 5.75 Å². The van der Waals surface area contributed by atoms with Gasteiger partial charge in [-0.3, -0.25) is 9.11 Å². The number of benzene rings is 1. The second-order valence-electron chi connectivity index (χ2n) is 4.40. The highest BCUT2D eigenvalue weighted by atomic mass is 32.3. The zero-order chi connectivity index (χ0) is 15.8. The molecule has 0 amide bonds. The molecule has 1 aromatic heterocycles. The van der Waals surface area contributed by atoms with Gasteiger partial charge in [0.2, 0.25) is 0 Å². The molecule has 2 aromatic rings. The van der Waals surface area contributed by atoms with Crippen LogP contribution in [0.4, 0.5) is 0 Å². The Kier molecular flexibility index (Phi) is 3.97. The fourth-order valence-corrected chi connectivity index (χ4v) is 3.29. The summed E-state index contributed by atoms with van der Waals surface area (Å²) in [7, 11) is -8.88. The Hall–Kier alpha value is -1.62. The lowest BCUT2D eigenvalue weighted by atomic mass is 10.2. The second-order valence-corrected chi connectivity index (χ2v) is 7.02. The number of aromatic amines is 1. The van der Waals surface area contributed by atoms with Crippen molar-refractivity contribution in [3.05, 3.63) is 30.0 Å². The Morgan fingerprint density at radius 2 is 1.86 bits per heavy atom. The molecule has 0 radical (unpaired) electrons. The lowest BCUT2D eigenvalue weighted by Crippen LogP contribution is -2.11. The first-order valence-electron chi connectivity index (χ1n) is 5.86. The average Bonchev–Trinajstić information content (AvgIpc) is 2.67. The van der Waals surface area contributed by atoms with Crippen LogP contribution in [0, 0.1) is 0 Å². The number of hydrogen-bond acceptors (Lipinski definition) is 5. The van der Waals surface area contributed by atoms with Gasteiger partial charge in [0, 0.05) is 16.6 Å². The van der Waals surface area contributed by atoms with E-state index in [9.17, 15) is 21.4 Å². The maximum absolute atomic E-state index is 11.3. The van der Waals surface area contributed by atoms with Crippen molar-refractivity contribution < 1.29 is 30.1 Å². The van der Waals surface area contributed by atoms with E-state index >= 15 is 0 Å². The largest absolute Gasteiger partial charge is 0.446 e. The summed E-state index contributed by atoms with van der Waals surface area (Å²) >= 11 is 0. The average molecular weight is 335 g/mol. The molecule has 1 atom stereocenters. The SMILES string of the molecule is CCC(c1cc2cc(OS(=O)(=O)O)ccc2[nH]1)S(=O)(=O)O. The highest BCUT2D eigenvalue weighted by molar-refractivity contribution is 7.86. The fraction of sp³-hybridized carbons (Fsp3) is 0.273. The van der Waals surface area contributed by atoms with Crippen molar-refractivity contribution in [1.29, 1.82) is 0 Å². The minimum Gasteiger partial charge on any atom is -0.362 e. The van der Waals surface area contributed by atoms with E-state index in [1.54, 1.807) is 6.92 Å². The van der Waals surface area contributed by atoms with Gasteiger partial charge in [-0.25, -0.2) is 0 Å². The number of hydrogen-bond donors (Lipinski definition) is 3. The summed E-state index contributed by atoms with van der Waals surface area (Å²) in [6.07, 6.45) is 0.167. The molecule has 0 spiro atoms. The lowest BCUT2D eigenvalue weighted by molar-refractivity contribution is 0.387. The van der Waals surface area contributed by atoms with Gasteiger partial charge in [-0.2, -0.15) is 16.8 Å². The van der Waals surface area contributed by atoms with E-state index in [-0.39, 0.29) is 17.9 Å². The summed E-state index contributed by atoms with van der Waals surface area (Å²) in [5, 5.41) is -0.621. The molecule has 0 bridgehead atoms. The normalized spacial score (nSPS) is 14.2. The lowest BCUT2D eigenvalue weighted by Gasteiger charge is -2.08. The monoisotopic (exact) mass is 335 g/mol. The minimum atomic E-state index is -4.63. The molecule has 21 heavy (non-hydrogen) atoms. The Labute approximate surface area is 121 Å². The molecule has 1 unspecified atom stereocenters. The van der Waals surface area contributed by atoms with E-state index in [1.165, 1.54) is 24.3 Å². The van der Waals surface area contributed by atoms with Crippen molar-refractivity contribution >= 4 is 31.4 Å². The van der Waals surface area contributed by atoms with Gasteiger partial charge in [-0.1, -0.05) is 6.92 Å². The molecule has 0 aliphatic rings. The Bertz CT molecular complexity index is 867. The summed E-state index contributed by atoms with van der Waals surface area (Å²) in [6.45, 7) is 1.61. The first-order valence-corrected chi connectivity index (χ1v) is 8.73. The van der Waals surface area contributed by atoms with Gasteiger partial charge in [0.1, 0.15) is 11.0 Å². The first-order chi connectivity index (χ1) is 9.60. The van der Waals surface area contributed by atoms with Gasteiger partial charge in [0.05, 0.1) is 0 Å². The van der Waals surface area contributed by atoms with Gasteiger partial charge >= 0.3 is 10.4 Å². The van der Waals surface area contributed by atoms with E-state index in [0.717, 1.165) is 0 Å². The molecule has 2 rings (SSSR count). The van der Waals surface area contributed by atoms with Crippen LogP contribution >= 0.6 is 0 Å². The topological polar surface area (TPSA) is 134 Å². The Balaban J connectivity index is 2.47. The van der Waals surface area contributed by atoms with Gasteiger partial charge < -0.3 is 9.17 Å². The molecule has 0 fully saturated rings. The molecule has 10 heteroatoms. The zero-order valence-corrected chi connectivity index (χ0v) is 12.5. The van der Waals surface area contributed by atoms with Gasteiger partial charge in [0.15, 0.2) is 0 Å². The Morgan fingerprint density at radius 3 is 2.38 bits per heavy atom. The molecule has 0 aliphatic carbocycles. The molecule has 0 saturated carbocycles. The summed E-state index contributed by atoms with van der Waals surface area (Å²) < 4.78 is 66.0. The minimum absolute atomic E-state index is 0.115. The van der Waals surface area contributed by atoms with Gasteiger partial charge in [-0.05, 0) is 30.7 Å². The quantitative estimate of drug-likeness (QED) is 0.708. The zero-order valence-electron chi connectivity index (χ0n) is 10.8. The molecular formula is C11H13NO7S2. The Morgan fingerprint density at radius 1 is 1.19 bits per heavy atom. The maximum Gasteiger partial charge on any atom is 0.446 e. The smallest absolute Gasteiger partial charge is 0.362 e. The third kappa shape index (κ3) is 3.73. The van der Waals surface area contributed by atoms with Crippen molar-refractivity contribution in [2.75, 3.05) is 0 Å². The predicted octanol–water partition coefficient (Wildman–Crippen LogP) is 1.69. The molecule has 0 saturated heterocycles. The van der Waals surface area contributed by atoms with Crippen LogP contribution in [0.2, 0.25) is 0 Å². The van der Waals surface area contributed by atoms with Crippen molar-refractivity contribution in [3.63, 3.8) is 0 Å². The summed E-state index contributed by atoms with van der Waals surface area (Å²) in [5.74, 6) is -0.115. The molecule has 0 aliphatic heterocycles. The fourth-order valence-electron chi connectivity index (χ4n) is 2.07. The highest BCUT2D eigenvalue weighted by Gasteiger charge is 2.24. The van der Waals surface area contributed by atoms with Crippen molar-refractivity contribution in [2.45, 2.75) is 18.6 Å². The van der Waals surface area contributed by atoms with E-state index in [1.807, 2.05) is 0 Å². The molecule has 1 aromatic carbocycles. The predicted molar refractivity (Wildman–Crippen MR) is 75.1 cm³/mol. The summed E-state index contributed by atoms with van der Waals surface area (Å²) in [6, 6.07) is 5.55. The number of fused-ring (bicyclic) bond motifs is 1. The van der Waals surface area contributed by atoms with Gasteiger partial charge in [-0.15, -0.1) is 0 Å². The van der Waals surface area contributed by atoms with Crippen LogP contribution in [0.15, 0.2) is 24.3 Å². The highest BCUT2D eigenvalue weighted by Crippen LogP contribution is 2.29. The van der Waals surface area contributed by atoms with E-state index in [0.29, 0.717) is 10.9 Å². The van der Waals surface area contributed by atoms with E-state index in [2.05, 4.69) is 9.17 Å². The van der Waals surface area contributed by atoms with Gasteiger partial charge in [0.25, 0.3) is 10.1 Å². The van der Waals surface area contributed by atoms with Crippen LogP contribution < -0.4 is 4.18 Å². The number of nitrogens with one attached hydrogen (secondary N) is 1. The summed E-state index contributed by atoms with van der Waals surface area (Å²) in [5.41, 5.74) is 0.814. The molecule has 8 nitrogen and oxygen atoms in total. The third-order valence-corrected chi connectivity index (χ3v) is 4.60. The molecule has 3 N–H and O–H groups in total. The van der Waals surface area contributed by atoms with Crippen molar-refractivity contribution in [1.82, 2.24) is 4.98 Å². The van der Waals surface area contributed by atoms with Crippen LogP contribution in [0.1, 0.15) is 24.3 Å². The standard InChI is InChI=1S/C11H13NO7S2/c1-2-11(20(13,14)15)10-6-7-5-8(19-21(16,17)18)3-4-9(7)12-10/h3-6,11-12H,2H2,1H3,(H,13,14,15)(H,16,17,18). The van der Waals surface area contributed by atoms with Crippen LogP contribution in [0.5, 0.6) is 5.75 Å². The number of aromatic nitrogens is 1. The van der Waals surface area contributed by atoms with Crippen LogP contribution in [0.25, 0.3) is 10.9 Å². The molecule has 1 heterocycles. The number of H-pyrrole nitrogens is 1. The van der Waals surface area contributed by atoms with E-state index in [4.69, 9.17) is 4.55 Å². The summed E-state index contributed by atoms with van der Waals surface area (Å²) in [4.78, 5) is 2.84. The van der Waals surface area contributed by atoms with Crippen LogP contribution in [0.3, 0.4) is 0 Å². The number of rotatable bonds is 5. The van der Waals surface area contributed by atoms with Crippen LogP contribution in [-0.2, 0) is 20.5 Å². The molecular weight excluding hydrogens is 322 g/mol. The van der Waals surface area contributed by atoms with E-state index < -0.39 is 25.8 Å². The third-order valence-electron chi connectivity index (χ3n) is 2.89.